The number of rotatable bonds is 9. The molecule has 1 unspecified atom stereocenters. The highest BCUT2D eigenvalue weighted by Gasteiger charge is 2.28. The van der Waals surface area contributed by atoms with Crippen molar-refractivity contribution in [2.24, 2.45) is 5.92 Å². The molecule has 0 spiro atoms. The van der Waals surface area contributed by atoms with Gasteiger partial charge in [-0.05, 0) is 41.3 Å². The number of benzene rings is 3. The zero-order valence-electron chi connectivity index (χ0n) is 19.3. The van der Waals surface area contributed by atoms with Crippen LogP contribution < -0.4 is 19.5 Å². The van der Waals surface area contributed by atoms with Gasteiger partial charge in [0.05, 0.1) is 19.1 Å². The van der Waals surface area contributed by atoms with E-state index in [0.29, 0.717) is 17.2 Å². The van der Waals surface area contributed by atoms with Crippen LogP contribution in [0.2, 0.25) is 0 Å². The predicted octanol–water partition coefficient (Wildman–Crippen LogP) is 4.45. The van der Waals surface area contributed by atoms with E-state index in [4.69, 9.17) is 9.47 Å². The minimum Gasteiger partial charge on any atom is -0.497 e. The fourth-order valence-corrected chi connectivity index (χ4v) is 4.64. The summed E-state index contributed by atoms with van der Waals surface area (Å²) in [5, 5.41) is 2.73. The number of halogens is 1. The van der Waals surface area contributed by atoms with Crippen LogP contribution >= 0.6 is 0 Å². The number of anilines is 1. The summed E-state index contributed by atoms with van der Waals surface area (Å²) in [6.45, 7) is 3.49. The van der Waals surface area contributed by atoms with E-state index in [1.807, 2.05) is 0 Å². The Morgan fingerprint density at radius 3 is 1.82 bits per heavy atom. The lowest BCUT2D eigenvalue weighted by Crippen LogP contribution is -2.47. The van der Waals surface area contributed by atoms with Crippen molar-refractivity contribution >= 4 is 21.6 Å². The second-order valence-electron chi connectivity index (χ2n) is 7.96. The third-order valence-electron chi connectivity index (χ3n) is 5.19. The normalized spacial score (nSPS) is 12.3. The zero-order valence-corrected chi connectivity index (χ0v) is 20.1. The SMILES string of the molecule is COc1cc(NC(=O)C(NS(=O)(=O)c2ccc(-c3ccc(F)cc3)cc2)C(C)C)cc(OC)c1. The molecule has 1 atom stereocenters. The van der Waals surface area contributed by atoms with Crippen molar-refractivity contribution in [3.8, 4) is 22.6 Å². The van der Waals surface area contributed by atoms with Crippen molar-refractivity contribution in [1.29, 1.82) is 0 Å². The molecule has 180 valence electrons. The molecule has 0 fully saturated rings. The molecule has 0 saturated carbocycles. The van der Waals surface area contributed by atoms with Gasteiger partial charge in [0, 0.05) is 23.9 Å². The highest BCUT2D eigenvalue weighted by molar-refractivity contribution is 7.89. The molecule has 3 aromatic rings. The van der Waals surface area contributed by atoms with Gasteiger partial charge in [0.25, 0.3) is 0 Å². The summed E-state index contributed by atoms with van der Waals surface area (Å²) in [6.07, 6.45) is 0. The monoisotopic (exact) mass is 486 g/mol. The van der Waals surface area contributed by atoms with E-state index in [0.717, 1.165) is 11.1 Å². The topological polar surface area (TPSA) is 93.7 Å². The van der Waals surface area contributed by atoms with Gasteiger partial charge in [-0.2, -0.15) is 4.72 Å². The van der Waals surface area contributed by atoms with E-state index in [2.05, 4.69) is 10.0 Å². The molecular formula is C25H27FN2O5S. The van der Waals surface area contributed by atoms with Gasteiger partial charge in [-0.1, -0.05) is 38.1 Å². The van der Waals surface area contributed by atoms with Crippen LogP contribution in [0.15, 0.2) is 71.6 Å². The Balaban J connectivity index is 1.79. The van der Waals surface area contributed by atoms with Gasteiger partial charge in [-0.15, -0.1) is 0 Å². The molecule has 0 radical (unpaired) electrons. The van der Waals surface area contributed by atoms with Crippen LogP contribution in [0.3, 0.4) is 0 Å². The molecule has 0 aliphatic heterocycles. The van der Waals surface area contributed by atoms with E-state index in [1.54, 1.807) is 56.3 Å². The average molecular weight is 487 g/mol. The largest absolute Gasteiger partial charge is 0.497 e. The van der Waals surface area contributed by atoms with E-state index in [-0.39, 0.29) is 16.6 Å². The first-order chi connectivity index (χ1) is 16.1. The minimum atomic E-state index is -3.99. The number of carbonyl (C=O) groups excluding carboxylic acids is 1. The van der Waals surface area contributed by atoms with Crippen LogP contribution in [0.4, 0.5) is 10.1 Å². The second-order valence-corrected chi connectivity index (χ2v) is 9.68. The maximum Gasteiger partial charge on any atom is 0.242 e. The molecule has 3 rings (SSSR count). The standard InChI is InChI=1S/C25H27FN2O5S/c1-16(2)24(25(29)27-20-13-21(32-3)15-22(14-20)33-4)28-34(30,31)23-11-7-18(8-12-23)17-5-9-19(26)10-6-17/h5-16,24,28H,1-4H3,(H,27,29). The first-order valence-corrected chi connectivity index (χ1v) is 12.0. The predicted molar refractivity (Wildman–Crippen MR) is 129 cm³/mol. The molecule has 3 aromatic carbocycles. The number of hydrogen-bond acceptors (Lipinski definition) is 5. The van der Waals surface area contributed by atoms with Crippen LogP contribution in [-0.2, 0) is 14.8 Å². The summed E-state index contributed by atoms with van der Waals surface area (Å²) >= 11 is 0. The molecule has 0 aromatic heterocycles. The Morgan fingerprint density at radius 1 is 0.853 bits per heavy atom. The number of methoxy groups -OCH3 is 2. The van der Waals surface area contributed by atoms with Crippen molar-refractivity contribution in [2.45, 2.75) is 24.8 Å². The average Bonchev–Trinajstić information content (AvgIpc) is 2.82. The fraction of sp³-hybridized carbons (Fsp3) is 0.240. The van der Waals surface area contributed by atoms with Crippen LogP contribution in [0.1, 0.15) is 13.8 Å². The van der Waals surface area contributed by atoms with Crippen LogP contribution in [0, 0.1) is 11.7 Å². The summed E-state index contributed by atoms with van der Waals surface area (Å²) in [6, 6.07) is 15.9. The fourth-order valence-electron chi connectivity index (χ4n) is 3.30. The van der Waals surface area contributed by atoms with Crippen LogP contribution in [0.5, 0.6) is 11.5 Å². The highest BCUT2D eigenvalue weighted by Crippen LogP contribution is 2.26. The first kappa shape index (κ1) is 25.2. The second kappa shape index (κ2) is 10.7. The maximum atomic E-state index is 13.2. The van der Waals surface area contributed by atoms with Crippen molar-refractivity contribution in [1.82, 2.24) is 4.72 Å². The molecule has 0 aliphatic rings. The van der Waals surface area contributed by atoms with Gasteiger partial charge in [0.1, 0.15) is 23.4 Å². The summed E-state index contributed by atoms with van der Waals surface area (Å²) in [5.41, 5.74) is 1.91. The maximum absolute atomic E-state index is 13.2. The number of nitrogens with one attached hydrogen (secondary N) is 2. The third-order valence-corrected chi connectivity index (χ3v) is 6.65. The molecule has 0 aliphatic carbocycles. The van der Waals surface area contributed by atoms with E-state index in [9.17, 15) is 17.6 Å². The number of ether oxygens (including phenoxy) is 2. The quantitative estimate of drug-likeness (QED) is 0.466. The Kier molecular flexibility index (Phi) is 7.90. The highest BCUT2D eigenvalue weighted by atomic mass is 32.2. The number of sulfonamides is 1. The molecule has 7 nitrogen and oxygen atoms in total. The van der Waals surface area contributed by atoms with Crippen molar-refractivity contribution in [3.05, 3.63) is 72.5 Å². The van der Waals surface area contributed by atoms with Crippen LogP contribution in [-0.4, -0.2) is 34.6 Å². The summed E-state index contributed by atoms with van der Waals surface area (Å²) in [4.78, 5) is 13.0. The van der Waals surface area contributed by atoms with Gasteiger partial charge >= 0.3 is 0 Å². The van der Waals surface area contributed by atoms with E-state index in [1.165, 1.54) is 38.5 Å². The van der Waals surface area contributed by atoms with Crippen molar-refractivity contribution in [2.75, 3.05) is 19.5 Å². The lowest BCUT2D eigenvalue weighted by molar-refractivity contribution is -0.118. The lowest BCUT2D eigenvalue weighted by Gasteiger charge is -2.22. The van der Waals surface area contributed by atoms with E-state index >= 15 is 0 Å². The Hall–Kier alpha value is -3.43. The molecule has 34 heavy (non-hydrogen) atoms. The number of hydrogen-bond donors (Lipinski definition) is 2. The molecule has 2 N–H and O–H groups in total. The molecule has 0 saturated heterocycles. The lowest BCUT2D eigenvalue weighted by atomic mass is 10.0. The van der Waals surface area contributed by atoms with Crippen molar-refractivity contribution < 1.29 is 27.1 Å². The molecule has 0 heterocycles. The van der Waals surface area contributed by atoms with Crippen LogP contribution in [0.25, 0.3) is 11.1 Å². The summed E-state index contributed by atoms with van der Waals surface area (Å²) in [5.74, 6) is -0.231. The van der Waals surface area contributed by atoms with Gasteiger partial charge in [0.15, 0.2) is 0 Å². The molecule has 1 amide bonds. The van der Waals surface area contributed by atoms with Gasteiger partial charge in [-0.3, -0.25) is 4.79 Å². The van der Waals surface area contributed by atoms with Crippen molar-refractivity contribution in [3.63, 3.8) is 0 Å². The Morgan fingerprint density at radius 2 is 1.35 bits per heavy atom. The van der Waals surface area contributed by atoms with Gasteiger partial charge in [-0.25, -0.2) is 12.8 Å². The van der Waals surface area contributed by atoms with Gasteiger partial charge < -0.3 is 14.8 Å². The molecular weight excluding hydrogens is 459 g/mol. The van der Waals surface area contributed by atoms with Gasteiger partial charge in [0.2, 0.25) is 15.9 Å². The number of amides is 1. The third kappa shape index (κ3) is 6.12. The Labute approximate surface area is 199 Å². The molecule has 9 heteroatoms. The Bertz CT molecular complexity index is 1220. The smallest absolute Gasteiger partial charge is 0.242 e. The summed E-state index contributed by atoms with van der Waals surface area (Å²) in [7, 11) is -1.01. The van der Waals surface area contributed by atoms with E-state index < -0.39 is 22.0 Å². The first-order valence-electron chi connectivity index (χ1n) is 10.5. The molecule has 0 bridgehead atoms. The number of carbonyl (C=O) groups is 1. The zero-order chi connectivity index (χ0) is 24.9. The summed E-state index contributed by atoms with van der Waals surface area (Å²) < 4.78 is 52.1. The minimum absolute atomic E-state index is 0.0138.